The minimum Gasteiger partial charge on any atom is -0.356 e. The summed E-state index contributed by atoms with van der Waals surface area (Å²) < 4.78 is 0. The highest BCUT2D eigenvalue weighted by molar-refractivity contribution is 5.92. The Morgan fingerprint density at radius 1 is 1.50 bits per heavy atom. The number of aromatic nitrogens is 1. The van der Waals surface area contributed by atoms with Crippen molar-refractivity contribution in [2.24, 2.45) is 0 Å². The van der Waals surface area contributed by atoms with Gasteiger partial charge in [0.15, 0.2) is 0 Å². The lowest BCUT2D eigenvalue weighted by atomic mass is 10.1. The predicted molar refractivity (Wildman–Crippen MR) is 77.3 cm³/mol. The summed E-state index contributed by atoms with van der Waals surface area (Å²) >= 11 is 0. The van der Waals surface area contributed by atoms with Gasteiger partial charge >= 0.3 is 0 Å². The zero-order valence-electron chi connectivity index (χ0n) is 12.0. The van der Waals surface area contributed by atoms with Gasteiger partial charge in [0.2, 0.25) is 0 Å². The second-order valence-electron chi connectivity index (χ2n) is 5.28. The van der Waals surface area contributed by atoms with Crippen LogP contribution in [-0.2, 0) is 0 Å². The van der Waals surface area contributed by atoms with Crippen molar-refractivity contribution in [3.63, 3.8) is 0 Å². The number of nitrogens with one attached hydrogen (secondary N) is 2. The molecule has 0 bridgehead atoms. The van der Waals surface area contributed by atoms with Crippen molar-refractivity contribution in [3.8, 4) is 6.07 Å². The first-order valence-corrected chi connectivity index (χ1v) is 7.35. The molecule has 5 heteroatoms. The predicted octanol–water partition coefficient (Wildman–Crippen LogP) is 1.88. The maximum absolute atomic E-state index is 12.0. The molecule has 20 heavy (non-hydrogen) atoms. The van der Waals surface area contributed by atoms with E-state index in [4.69, 9.17) is 5.26 Å². The summed E-state index contributed by atoms with van der Waals surface area (Å²) in [6.07, 6.45) is 6.42. The summed E-state index contributed by atoms with van der Waals surface area (Å²) in [7, 11) is 0. The van der Waals surface area contributed by atoms with E-state index in [1.54, 1.807) is 12.3 Å². The van der Waals surface area contributed by atoms with Crippen molar-refractivity contribution in [1.29, 1.82) is 5.26 Å². The zero-order chi connectivity index (χ0) is 14.4. The summed E-state index contributed by atoms with van der Waals surface area (Å²) in [4.78, 5) is 17.3. The van der Waals surface area contributed by atoms with E-state index in [1.165, 1.54) is 19.3 Å². The molecule has 0 radical (unpaired) electrons. The van der Waals surface area contributed by atoms with Gasteiger partial charge in [-0.2, -0.15) is 5.26 Å². The quantitative estimate of drug-likeness (QED) is 0.861. The van der Waals surface area contributed by atoms with Crippen molar-refractivity contribution in [2.75, 3.05) is 19.6 Å². The first-order valence-electron chi connectivity index (χ1n) is 7.35. The third-order valence-electron chi connectivity index (χ3n) is 3.93. The lowest BCUT2D eigenvalue weighted by Gasteiger charge is -2.34. The molecule has 1 aliphatic heterocycles. The number of hydrogen-bond donors (Lipinski definition) is 2. The van der Waals surface area contributed by atoms with Crippen LogP contribution in [0.3, 0.4) is 0 Å². The summed E-state index contributed by atoms with van der Waals surface area (Å²) in [5.74, 6) is -0.137. The molecule has 2 N–H and O–H groups in total. The van der Waals surface area contributed by atoms with E-state index in [1.807, 2.05) is 6.07 Å². The molecule has 0 unspecified atom stereocenters. The van der Waals surface area contributed by atoms with Gasteiger partial charge in [-0.25, -0.2) is 0 Å². The summed E-state index contributed by atoms with van der Waals surface area (Å²) in [5, 5.41) is 11.7. The number of H-pyrrole nitrogens is 1. The molecule has 1 amide bonds. The van der Waals surface area contributed by atoms with Gasteiger partial charge in [-0.3, -0.25) is 9.69 Å². The molecule has 2 rings (SSSR count). The second-order valence-corrected chi connectivity index (χ2v) is 5.28. The van der Waals surface area contributed by atoms with Crippen LogP contribution in [0.4, 0.5) is 0 Å². The van der Waals surface area contributed by atoms with E-state index >= 15 is 0 Å². The number of nitrogens with zero attached hydrogens (tertiary/aromatic N) is 2. The highest BCUT2D eigenvalue weighted by Crippen LogP contribution is 2.13. The second kappa shape index (κ2) is 7.11. The molecule has 0 aromatic carbocycles. The Hall–Kier alpha value is -1.80. The lowest BCUT2D eigenvalue weighted by molar-refractivity contribution is 0.0918. The molecule has 1 atom stereocenters. The van der Waals surface area contributed by atoms with Crippen LogP contribution in [-0.4, -0.2) is 41.5 Å². The maximum atomic E-state index is 12.0. The topological polar surface area (TPSA) is 71.9 Å². The number of aromatic amines is 1. The van der Waals surface area contributed by atoms with Crippen molar-refractivity contribution in [1.82, 2.24) is 15.2 Å². The van der Waals surface area contributed by atoms with Gasteiger partial charge < -0.3 is 10.3 Å². The maximum Gasteiger partial charge on any atom is 0.267 e. The first kappa shape index (κ1) is 14.6. The fourth-order valence-electron chi connectivity index (χ4n) is 2.71. The molecule has 0 aliphatic carbocycles. The number of nitriles is 1. The highest BCUT2D eigenvalue weighted by Gasteiger charge is 2.20. The molecule has 1 aromatic heterocycles. The number of amides is 1. The standard InChI is InChI=1S/C15H22N4O/c1-2-13(19-6-4-3-5-7-19)11-18-15(20)14-8-12(9-16)10-17-14/h8,10,13,17H,2-7,11H2,1H3,(H,18,20)/t13-/m1/s1. The van der Waals surface area contributed by atoms with E-state index in [0.717, 1.165) is 19.5 Å². The van der Waals surface area contributed by atoms with Crippen LogP contribution in [0.25, 0.3) is 0 Å². The Morgan fingerprint density at radius 2 is 2.25 bits per heavy atom. The van der Waals surface area contributed by atoms with E-state index < -0.39 is 0 Å². The van der Waals surface area contributed by atoms with Crippen molar-refractivity contribution in [3.05, 3.63) is 23.5 Å². The van der Waals surface area contributed by atoms with Gasteiger partial charge in [-0.05, 0) is 38.4 Å². The third kappa shape index (κ3) is 3.61. The number of rotatable bonds is 5. The first-order chi connectivity index (χ1) is 9.74. The normalized spacial score (nSPS) is 17.4. The monoisotopic (exact) mass is 274 g/mol. The zero-order valence-corrected chi connectivity index (χ0v) is 12.0. The number of piperidine rings is 1. The van der Waals surface area contributed by atoms with Crippen LogP contribution < -0.4 is 5.32 Å². The average Bonchev–Trinajstić information content (AvgIpc) is 2.98. The van der Waals surface area contributed by atoms with Crippen LogP contribution in [0.1, 0.15) is 48.7 Å². The number of hydrogen-bond acceptors (Lipinski definition) is 3. The van der Waals surface area contributed by atoms with Gasteiger partial charge in [0.1, 0.15) is 11.8 Å². The fraction of sp³-hybridized carbons (Fsp3) is 0.600. The largest absolute Gasteiger partial charge is 0.356 e. The average molecular weight is 274 g/mol. The van der Waals surface area contributed by atoms with Gasteiger partial charge in [0.25, 0.3) is 5.91 Å². The van der Waals surface area contributed by atoms with Crippen LogP contribution in [0, 0.1) is 11.3 Å². The molecular formula is C15H22N4O. The Morgan fingerprint density at radius 3 is 2.85 bits per heavy atom. The van der Waals surface area contributed by atoms with E-state index in [-0.39, 0.29) is 5.91 Å². The minimum atomic E-state index is -0.137. The number of carbonyl (C=O) groups is 1. The molecule has 0 spiro atoms. The molecule has 1 aromatic rings. The highest BCUT2D eigenvalue weighted by atomic mass is 16.1. The molecule has 2 heterocycles. The Bertz CT molecular complexity index is 482. The molecule has 5 nitrogen and oxygen atoms in total. The Balaban J connectivity index is 1.86. The molecule has 0 saturated carbocycles. The smallest absolute Gasteiger partial charge is 0.267 e. The van der Waals surface area contributed by atoms with Crippen LogP contribution in [0.15, 0.2) is 12.3 Å². The Kier molecular flexibility index (Phi) is 5.19. The number of carbonyl (C=O) groups excluding carboxylic acids is 1. The van der Waals surface area contributed by atoms with Crippen molar-refractivity contribution >= 4 is 5.91 Å². The molecular weight excluding hydrogens is 252 g/mol. The van der Waals surface area contributed by atoms with E-state index in [0.29, 0.717) is 23.8 Å². The molecule has 1 fully saturated rings. The summed E-state index contributed by atoms with van der Waals surface area (Å²) in [6, 6.07) is 4.00. The van der Waals surface area contributed by atoms with E-state index in [9.17, 15) is 4.79 Å². The van der Waals surface area contributed by atoms with Crippen LogP contribution in [0.2, 0.25) is 0 Å². The van der Waals surface area contributed by atoms with Crippen LogP contribution >= 0.6 is 0 Å². The summed E-state index contributed by atoms with van der Waals surface area (Å²) in [6.45, 7) is 5.09. The lowest BCUT2D eigenvalue weighted by Crippen LogP contribution is -2.45. The van der Waals surface area contributed by atoms with Gasteiger partial charge in [0, 0.05) is 18.8 Å². The van der Waals surface area contributed by atoms with Crippen molar-refractivity contribution in [2.45, 2.75) is 38.6 Å². The Labute approximate surface area is 120 Å². The fourth-order valence-corrected chi connectivity index (χ4v) is 2.71. The van der Waals surface area contributed by atoms with Crippen LogP contribution in [0.5, 0.6) is 0 Å². The van der Waals surface area contributed by atoms with Gasteiger partial charge in [-0.1, -0.05) is 13.3 Å². The molecule has 1 aliphatic rings. The van der Waals surface area contributed by atoms with Crippen molar-refractivity contribution < 1.29 is 4.79 Å². The summed E-state index contributed by atoms with van der Waals surface area (Å²) in [5.41, 5.74) is 0.938. The SMILES string of the molecule is CC[C@H](CNC(=O)c1cc(C#N)c[nH]1)N1CCCCC1. The molecule has 1 saturated heterocycles. The van der Waals surface area contributed by atoms with E-state index in [2.05, 4.69) is 22.1 Å². The number of likely N-dealkylation sites (tertiary alicyclic amines) is 1. The minimum absolute atomic E-state index is 0.137. The third-order valence-corrected chi connectivity index (χ3v) is 3.93. The molecule has 108 valence electrons. The van der Waals surface area contributed by atoms with Gasteiger partial charge in [-0.15, -0.1) is 0 Å². The van der Waals surface area contributed by atoms with Gasteiger partial charge in [0.05, 0.1) is 5.56 Å².